The fourth-order valence-corrected chi connectivity index (χ4v) is 4.98. The molecule has 0 aliphatic heterocycles. The maximum absolute atomic E-state index is 13.5. The molecule has 0 bridgehead atoms. The molecule has 4 aromatic heterocycles. The highest BCUT2D eigenvalue weighted by molar-refractivity contribution is 9.10. The zero-order valence-electron chi connectivity index (χ0n) is 27.5. The predicted octanol–water partition coefficient (Wildman–Crippen LogP) is 6.23. The number of benzene rings is 2. The molecule has 0 atom stereocenters. The molecule has 0 aliphatic carbocycles. The lowest BCUT2D eigenvalue weighted by molar-refractivity contribution is 0.0585. The molecule has 0 spiro atoms. The lowest BCUT2D eigenvalue weighted by Gasteiger charge is -2.09. The van der Waals surface area contributed by atoms with Crippen LogP contribution < -0.4 is 4.65 Å². The van der Waals surface area contributed by atoms with Crippen LogP contribution in [0, 0.1) is 25.5 Å². The molecule has 4 heterocycles. The van der Waals surface area contributed by atoms with Crippen LogP contribution in [0.4, 0.5) is 8.78 Å². The third-order valence-corrected chi connectivity index (χ3v) is 7.93. The molecule has 0 aliphatic rings. The summed E-state index contributed by atoms with van der Waals surface area (Å²) >= 11 is 11.8. The molecule has 0 fully saturated rings. The number of hydrogen-bond acceptors (Lipinski definition) is 12. The Morgan fingerprint density at radius 1 is 0.750 bits per heavy atom. The predicted molar refractivity (Wildman–Crippen MR) is 191 cm³/mol. The number of aromatic nitrogens is 8. The topological polar surface area (TPSA) is 169 Å². The molecule has 267 valence electrons. The molecule has 0 amide bonds. The Hall–Kier alpha value is -5.11. The zero-order valence-corrected chi connectivity index (χ0v) is 31.4. The molecule has 2 aromatic carbocycles. The van der Waals surface area contributed by atoms with Crippen molar-refractivity contribution in [1.82, 2.24) is 39.5 Å². The second-order valence-electron chi connectivity index (χ2n) is 10.00. The maximum Gasteiger partial charge on any atom is 0.569 e. The third-order valence-electron chi connectivity index (χ3n) is 6.54. The lowest BCUT2D eigenvalue weighted by atomic mass is 10.2. The first-order chi connectivity index (χ1) is 24.8. The SMILES string of the molecule is COC(=O)c1cc(-n2nccc2C)nc(-c2ccc(F)c(Br)c2)n1.COC(=O)c1cc(-n2nccc2C)nc(Cl)n1.O[B]Oc1ccc(F)c(Br)c1. The Balaban J connectivity index is 0.000000188. The number of esters is 2. The van der Waals surface area contributed by atoms with Crippen LogP contribution in [0.15, 0.2) is 82.0 Å². The molecule has 20 heteroatoms. The fourth-order valence-electron chi connectivity index (χ4n) is 4.07. The van der Waals surface area contributed by atoms with Crippen LogP contribution >= 0.6 is 43.5 Å². The van der Waals surface area contributed by atoms with Crippen LogP contribution in [-0.4, -0.2) is 78.4 Å². The van der Waals surface area contributed by atoms with E-state index in [9.17, 15) is 18.4 Å². The van der Waals surface area contributed by atoms with Crippen molar-refractivity contribution in [2.45, 2.75) is 13.8 Å². The van der Waals surface area contributed by atoms with Gasteiger partial charge in [-0.05, 0) is 106 Å². The van der Waals surface area contributed by atoms with E-state index in [-0.39, 0.29) is 32.8 Å². The maximum atomic E-state index is 13.5. The summed E-state index contributed by atoms with van der Waals surface area (Å²) in [4.78, 5) is 39.7. The van der Waals surface area contributed by atoms with Crippen LogP contribution in [0.5, 0.6) is 5.75 Å². The summed E-state index contributed by atoms with van der Waals surface area (Å²) in [5.74, 6) is -0.437. The van der Waals surface area contributed by atoms with E-state index in [1.807, 2.05) is 26.0 Å². The van der Waals surface area contributed by atoms with Crippen molar-refractivity contribution in [3.8, 4) is 28.8 Å². The standard InChI is InChI=1S/C16H12BrFN4O2.C10H9ClN4O2.C6H4BBrFO2/c1-9-5-6-19-22(9)14-8-13(16(23)24-2)20-15(21-14)10-3-4-12(18)11(17)7-10;1-6-3-4-12-15(6)8-5-7(9(16)17-2)13-10(11)14-8;8-5-3-4(11-7-10)1-2-6(5)9/h3-8H,1-2H3;3-5H,1-2H3;1-3,10H. The smallest absolute Gasteiger partial charge is 0.537 e. The van der Waals surface area contributed by atoms with Gasteiger partial charge in [-0.2, -0.15) is 15.2 Å². The summed E-state index contributed by atoms with van der Waals surface area (Å²) in [6.45, 7) is 3.72. The highest BCUT2D eigenvalue weighted by atomic mass is 79.9. The van der Waals surface area contributed by atoms with Gasteiger partial charge in [-0.3, -0.25) is 0 Å². The van der Waals surface area contributed by atoms with Gasteiger partial charge in [0.05, 0.1) is 23.2 Å². The van der Waals surface area contributed by atoms with Crippen molar-refractivity contribution in [3.05, 3.63) is 122 Å². The highest BCUT2D eigenvalue weighted by Crippen LogP contribution is 2.25. The van der Waals surface area contributed by atoms with Gasteiger partial charge in [0.2, 0.25) is 5.28 Å². The average Bonchev–Trinajstić information content (AvgIpc) is 3.78. The van der Waals surface area contributed by atoms with E-state index >= 15 is 0 Å². The van der Waals surface area contributed by atoms with Crippen LogP contribution in [0.3, 0.4) is 0 Å². The monoisotopic (exact) mass is 859 g/mol. The Kier molecular flexibility index (Phi) is 14.0. The van der Waals surface area contributed by atoms with E-state index in [4.69, 9.17) is 21.4 Å². The van der Waals surface area contributed by atoms with Crippen LogP contribution in [0.1, 0.15) is 32.4 Å². The highest BCUT2D eigenvalue weighted by Gasteiger charge is 2.17. The first kappa shape index (κ1) is 39.7. The molecule has 1 N–H and O–H groups in total. The van der Waals surface area contributed by atoms with Crippen molar-refractivity contribution < 1.29 is 37.5 Å². The van der Waals surface area contributed by atoms with E-state index in [1.165, 1.54) is 56.7 Å². The van der Waals surface area contributed by atoms with Crippen molar-refractivity contribution in [3.63, 3.8) is 0 Å². The van der Waals surface area contributed by atoms with Crippen LogP contribution in [0.25, 0.3) is 23.0 Å². The number of nitrogens with zero attached hydrogens (tertiary/aromatic N) is 8. The number of carbonyl (C=O) groups is 2. The van der Waals surface area contributed by atoms with E-state index in [1.54, 1.807) is 27.8 Å². The molecule has 1 radical (unpaired) electrons. The molecule has 0 unspecified atom stereocenters. The van der Waals surface area contributed by atoms with Gasteiger partial charge < -0.3 is 19.2 Å². The third kappa shape index (κ3) is 10.2. The van der Waals surface area contributed by atoms with Gasteiger partial charge >= 0.3 is 19.6 Å². The van der Waals surface area contributed by atoms with E-state index in [0.717, 1.165) is 11.4 Å². The van der Waals surface area contributed by atoms with Crippen molar-refractivity contribution in [2.75, 3.05) is 14.2 Å². The molecule has 14 nitrogen and oxygen atoms in total. The van der Waals surface area contributed by atoms with E-state index in [2.05, 4.69) is 71.4 Å². The Labute approximate surface area is 317 Å². The number of aryl methyl sites for hydroxylation is 2. The van der Waals surface area contributed by atoms with Crippen LogP contribution in [-0.2, 0) is 9.47 Å². The van der Waals surface area contributed by atoms with Gasteiger partial charge in [-0.1, -0.05) is 0 Å². The van der Waals surface area contributed by atoms with E-state index in [0.29, 0.717) is 35.1 Å². The number of rotatable bonds is 7. The molecule has 6 rings (SSSR count). The van der Waals surface area contributed by atoms with Crippen molar-refractivity contribution >= 4 is 63.1 Å². The number of methoxy groups -OCH3 is 2. The van der Waals surface area contributed by atoms with Crippen molar-refractivity contribution in [2.24, 2.45) is 0 Å². The second-order valence-corrected chi connectivity index (χ2v) is 12.0. The lowest BCUT2D eigenvalue weighted by Crippen LogP contribution is -2.11. The zero-order chi connectivity index (χ0) is 37.9. The quantitative estimate of drug-likeness (QED) is 0.109. The normalized spacial score (nSPS) is 10.3. The average molecular weight is 862 g/mol. The van der Waals surface area contributed by atoms with Crippen LogP contribution in [0.2, 0.25) is 5.28 Å². The summed E-state index contributed by atoms with van der Waals surface area (Å²) in [5, 5.41) is 16.4. The minimum Gasteiger partial charge on any atom is -0.537 e. The molecular formula is C32H25BBr2ClF2N8O6. The van der Waals surface area contributed by atoms with Crippen molar-refractivity contribution in [1.29, 1.82) is 0 Å². The van der Waals surface area contributed by atoms with E-state index < -0.39 is 17.8 Å². The summed E-state index contributed by atoms with van der Waals surface area (Å²) in [7, 11) is 3.09. The summed E-state index contributed by atoms with van der Waals surface area (Å²) in [6, 6.07) is 15.0. The van der Waals surface area contributed by atoms with Gasteiger partial charge in [0.15, 0.2) is 28.8 Å². The Morgan fingerprint density at radius 3 is 1.75 bits per heavy atom. The van der Waals surface area contributed by atoms with Gasteiger partial charge in [-0.15, -0.1) is 0 Å². The first-order valence-electron chi connectivity index (χ1n) is 14.5. The molecule has 52 heavy (non-hydrogen) atoms. The molecule has 6 aromatic rings. The minimum atomic E-state index is -0.592. The minimum absolute atomic E-state index is 0.0298. The number of hydrogen-bond donors (Lipinski definition) is 1. The Morgan fingerprint density at radius 2 is 1.27 bits per heavy atom. The van der Waals surface area contributed by atoms with Gasteiger partial charge in [0.1, 0.15) is 17.4 Å². The summed E-state index contributed by atoms with van der Waals surface area (Å²) < 4.78 is 43.6. The van der Waals surface area contributed by atoms with Gasteiger partial charge in [0.25, 0.3) is 0 Å². The summed E-state index contributed by atoms with van der Waals surface area (Å²) in [6.07, 6.45) is 3.26. The molecule has 0 saturated heterocycles. The Bertz CT molecular complexity index is 2210. The second kappa shape index (κ2) is 18.4. The van der Waals surface area contributed by atoms with Gasteiger partial charge in [-0.25, -0.2) is 42.7 Å². The summed E-state index contributed by atoms with van der Waals surface area (Å²) in [5.41, 5.74) is 2.46. The largest absolute Gasteiger partial charge is 0.569 e. The number of carbonyl (C=O) groups excluding carboxylic acids is 2. The molecule has 0 saturated carbocycles. The first-order valence-corrected chi connectivity index (χ1v) is 16.5. The number of halogens is 5. The molecular weight excluding hydrogens is 836 g/mol. The van der Waals surface area contributed by atoms with Gasteiger partial charge in [0, 0.05) is 41.5 Å². The fraction of sp³-hybridized carbons (Fsp3) is 0.125. The number of ether oxygens (including phenoxy) is 2.